The van der Waals surface area contributed by atoms with Gasteiger partial charge in [0.2, 0.25) is 5.95 Å². The monoisotopic (exact) mass is 316 g/mol. The van der Waals surface area contributed by atoms with Gasteiger partial charge in [-0.15, -0.1) is 11.3 Å². The molecule has 3 aromatic heterocycles. The van der Waals surface area contributed by atoms with E-state index in [1.54, 1.807) is 11.3 Å². The van der Waals surface area contributed by atoms with E-state index in [2.05, 4.69) is 64.2 Å². The second kappa shape index (κ2) is 5.92. The van der Waals surface area contributed by atoms with E-state index in [0.29, 0.717) is 5.92 Å². The van der Waals surface area contributed by atoms with Gasteiger partial charge in [0.15, 0.2) is 5.13 Å². The molecule has 3 rings (SSSR count). The molecule has 0 aliphatic carbocycles. The smallest absolute Gasteiger partial charge is 0.229 e. The van der Waals surface area contributed by atoms with Crippen LogP contribution in [0.5, 0.6) is 0 Å². The van der Waals surface area contributed by atoms with Gasteiger partial charge in [-0.1, -0.05) is 13.8 Å². The van der Waals surface area contributed by atoms with Gasteiger partial charge in [0, 0.05) is 28.9 Å². The van der Waals surface area contributed by atoms with Crippen molar-refractivity contribution in [3.63, 3.8) is 0 Å². The van der Waals surface area contributed by atoms with Gasteiger partial charge in [0.25, 0.3) is 0 Å². The zero-order chi connectivity index (χ0) is 15.7. The highest BCUT2D eigenvalue weighted by molar-refractivity contribution is 7.14. The molecule has 22 heavy (non-hydrogen) atoms. The van der Waals surface area contributed by atoms with Crippen LogP contribution in [0.4, 0.5) is 5.13 Å². The summed E-state index contributed by atoms with van der Waals surface area (Å²) < 4.78 is 2.06. The van der Waals surface area contributed by atoms with Crippen LogP contribution in [-0.2, 0) is 0 Å². The molecule has 2 N–H and O–H groups in total. The Kier molecular flexibility index (Phi) is 3.98. The number of rotatable bonds is 5. The zero-order valence-electron chi connectivity index (χ0n) is 13.2. The molecular formula is C15H20N6S. The first-order chi connectivity index (χ1) is 10.6. The summed E-state index contributed by atoms with van der Waals surface area (Å²) in [5, 5.41) is 13.3. The molecule has 0 saturated carbocycles. The molecule has 0 radical (unpaired) electrons. The number of aromatic nitrogens is 5. The fourth-order valence-electron chi connectivity index (χ4n) is 2.42. The lowest BCUT2D eigenvalue weighted by atomic mass is 10.2. The van der Waals surface area contributed by atoms with Crippen LogP contribution in [0.1, 0.15) is 25.2 Å². The lowest BCUT2D eigenvalue weighted by Crippen LogP contribution is -2.07. The van der Waals surface area contributed by atoms with Gasteiger partial charge >= 0.3 is 0 Å². The molecule has 0 amide bonds. The minimum atomic E-state index is 0.601. The summed E-state index contributed by atoms with van der Waals surface area (Å²) in [5.41, 5.74) is 4.33. The number of aromatic amines is 1. The van der Waals surface area contributed by atoms with Crippen LogP contribution in [0.25, 0.3) is 17.2 Å². The third-order valence-electron chi connectivity index (χ3n) is 3.49. The molecule has 0 aromatic carbocycles. The van der Waals surface area contributed by atoms with Crippen LogP contribution in [0, 0.1) is 19.8 Å². The Morgan fingerprint density at radius 2 is 2.18 bits per heavy atom. The van der Waals surface area contributed by atoms with Crippen LogP contribution >= 0.6 is 11.3 Å². The first-order valence-electron chi connectivity index (χ1n) is 7.30. The van der Waals surface area contributed by atoms with E-state index in [9.17, 15) is 0 Å². The van der Waals surface area contributed by atoms with Crippen LogP contribution < -0.4 is 5.32 Å². The van der Waals surface area contributed by atoms with Crippen LogP contribution in [0.15, 0.2) is 17.8 Å². The quantitative estimate of drug-likeness (QED) is 0.757. The van der Waals surface area contributed by atoms with Gasteiger partial charge < -0.3 is 5.32 Å². The summed E-state index contributed by atoms with van der Waals surface area (Å²) in [6.07, 6.45) is 1.52. The molecule has 3 heterocycles. The maximum absolute atomic E-state index is 4.70. The van der Waals surface area contributed by atoms with Crippen molar-refractivity contribution in [3.05, 3.63) is 29.2 Å². The van der Waals surface area contributed by atoms with Gasteiger partial charge in [-0.25, -0.2) is 10.1 Å². The summed E-state index contributed by atoms with van der Waals surface area (Å²) in [7, 11) is 0. The Bertz CT molecular complexity index is 753. The van der Waals surface area contributed by atoms with E-state index in [0.717, 1.165) is 40.3 Å². The minimum absolute atomic E-state index is 0.601. The molecule has 0 spiro atoms. The Labute approximate surface area is 133 Å². The van der Waals surface area contributed by atoms with Gasteiger partial charge in [-0.2, -0.15) is 10.1 Å². The van der Waals surface area contributed by atoms with Crippen molar-refractivity contribution in [2.24, 2.45) is 5.92 Å². The molecule has 0 aliphatic heterocycles. The van der Waals surface area contributed by atoms with E-state index in [1.807, 2.05) is 0 Å². The number of nitrogens with zero attached hydrogens (tertiary/aromatic N) is 4. The SMILES string of the molecule is Cc1cc(-c2csc(NCC(C)C)n2)c(C)n1-c1ncn[nH]1. The second-order valence-corrected chi connectivity index (χ2v) is 6.60. The fraction of sp³-hybridized carbons (Fsp3) is 0.400. The number of aryl methyl sites for hydroxylation is 1. The predicted octanol–water partition coefficient (Wildman–Crippen LogP) is 3.40. The first kappa shape index (κ1) is 14.8. The molecule has 0 saturated heterocycles. The summed E-state index contributed by atoms with van der Waals surface area (Å²) in [6, 6.07) is 2.14. The maximum Gasteiger partial charge on any atom is 0.229 e. The van der Waals surface area contributed by atoms with E-state index in [-0.39, 0.29) is 0 Å². The number of anilines is 1. The highest BCUT2D eigenvalue weighted by Crippen LogP contribution is 2.30. The maximum atomic E-state index is 4.70. The van der Waals surface area contributed by atoms with Gasteiger partial charge in [0.1, 0.15) is 6.33 Å². The number of hydrogen-bond donors (Lipinski definition) is 2. The number of hydrogen-bond acceptors (Lipinski definition) is 5. The normalized spacial score (nSPS) is 11.3. The van der Waals surface area contributed by atoms with Crippen molar-refractivity contribution in [3.8, 4) is 17.2 Å². The van der Waals surface area contributed by atoms with Crippen molar-refractivity contribution in [1.82, 2.24) is 24.7 Å². The van der Waals surface area contributed by atoms with Gasteiger partial charge in [-0.3, -0.25) is 4.57 Å². The Hall–Kier alpha value is -2.15. The standard InChI is InChI=1S/C15H20N6S/c1-9(2)6-16-15-19-13(7-22-15)12-5-10(3)21(11(12)4)14-17-8-18-20-14/h5,7-9H,6H2,1-4H3,(H,16,19)(H,17,18,20). The predicted molar refractivity (Wildman–Crippen MR) is 89.6 cm³/mol. The Morgan fingerprint density at radius 3 is 2.86 bits per heavy atom. The average molecular weight is 316 g/mol. The molecule has 116 valence electrons. The lowest BCUT2D eigenvalue weighted by Gasteiger charge is -2.05. The molecule has 0 fully saturated rings. The second-order valence-electron chi connectivity index (χ2n) is 5.74. The minimum Gasteiger partial charge on any atom is -0.361 e. The van der Waals surface area contributed by atoms with E-state index >= 15 is 0 Å². The zero-order valence-corrected chi connectivity index (χ0v) is 14.0. The van der Waals surface area contributed by atoms with Crippen LogP contribution in [0.2, 0.25) is 0 Å². The molecule has 0 atom stereocenters. The third-order valence-corrected chi connectivity index (χ3v) is 4.29. The molecule has 3 aromatic rings. The van der Waals surface area contributed by atoms with E-state index < -0.39 is 0 Å². The van der Waals surface area contributed by atoms with Crippen molar-refractivity contribution in [1.29, 1.82) is 0 Å². The molecule has 0 aliphatic rings. The van der Waals surface area contributed by atoms with Crippen molar-refractivity contribution >= 4 is 16.5 Å². The van der Waals surface area contributed by atoms with E-state index in [4.69, 9.17) is 4.98 Å². The molecule has 0 bridgehead atoms. The fourth-order valence-corrected chi connectivity index (χ4v) is 3.15. The van der Waals surface area contributed by atoms with Crippen molar-refractivity contribution < 1.29 is 0 Å². The van der Waals surface area contributed by atoms with Crippen LogP contribution in [-0.4, -0.2) is 31.3 Å². The van der Waals surface area contributed by atoms with Crippen LogP contribution in [0.3, 0.4) is 0 Å². The molecule has 7 heteroatoms. The molecule has 6 nitrogen and oxygen atoms in total. The number of nitrogens with one attached hydrogen (secondary N) is 2. The lowest BCUT2D eigenvalue weighted by molar-refractivity contribution is 0.688. The Morgan fingerprint density at radius 1 is 1.36 bits per heavy atom. The van der Waals surface area contributed by atoms with E-state index in [1.165, 1.54) is 6.33 Å². The topological polar surface area (TPSA) is 71.4 Å². The molecular weight excluding hydrogens is 296 g/mol. The highest BCUT2D eigenvalue weighted by Gasteiger charge is 2.16. The first-order valence-corrected chi connectivity index (χ1v) is 8.18. The summed E-state index contributed by atoms with van der Waals surface area (Å²) >= 11 is 1.64. The molecule has 0 unspecified atom stereocenters. The van der Waals surface area contributed by atoms with Gasteiger partial charge in [-0.05, 0) is 25.8 Å². The number of H-pyrrole nitrogens is 1. The van der Waals surface area contributed by atoms with Gasteiger partial charge in [0.05, 0.1) is 5.69 Å². The summed E-state index contributed by atoms with van der Waals surface area (Å²) in [5.74, 6) is 1.33. The van der Waals surface area contributed by atoms with Crippen molar-refractivity contribution in [2.75, 3.05) is 11.9 Å². The largest absolute Gasteiger partial charge is 0.361 e. The highest BCUT2D eigenvalue weighted by atomic mass is 32.1. The Balaban J connectivity index is 1.91. The summed E-state index contributed by atoms with van der Waals surface area (Å²) in [4.78, 5) is 8.93. The summed E-state index contributed by atoms with van der Waals surface area (Å²) in [6.45, 7) is 9.44. The average Bonchev–Trinajstić information content (AvgIpc) is 3.17. The van der Waals surface area contributed by atoms with Crippen molar-refractivity contribution in [2.45, 2.75) is 27.7 Å². The number of thiazole rings is 1. The third kappa shape index (κ3) is 2.76.